The van der Waals surface area contributed by atoms with E-state index in [9.17, 15) is 0 Å². The number of hydrogen-bond donors (Lipinski definition) is 1. The van der Waals surface area contributed by atoms with E-state index in [1.165, 1.54) is 6.34 Å². The molecule has 0 bridgehead atoms. The summed E-state index contributed by atoms with van der Waals surface area (Å²) in [6.45, 7) is 2.89. The molecule has 0 aromatic carbocycles. The molecular formula is C9H12ClN5. The maximum Gasteiger partial charge on any atom is 0.203 e. The van der Waals surface area contributed by atoms with Crippen molar-refractivity contribution in [2.75, 3.05) is 6.54 Å². The highest BCUT2D eigenvalue weighted by Crippen LogP contribution is 2.10. The first kappa shape index (κ1) is 10.3. The number of unbranched alkanes of at least 4 members (excludes halogenated alkanes) is 1. The van der Waals surface area contributed by atoms with Gasteiger partial charge in [-0.25, -0.2) is 9.98 Å². The lowest BCUT2D eigenvalue weighted by Crippen LogP contribution is -2.43. The van der Waals surface area contributed by atoms with Gasteiger partial charge in [0.05, 0.1) is 0 Å². The van der Waals surface area contributed by atoms with E-state index in [4.69, 9.17) is 11.6 Å². The maximum atomic E-state index is 5.81. The van der Waals surface area contributed by atoms with E-state index in [1.807, 2.05) is 0 Å². The molecule has 0 radical (unpaired) electrons. The predicted molar refractivity (Wildman–Crippen MR) is 63.3 cm³/mol. The number of fused-ring (bicyclic) bond motifs is 1. The number of halogens is 1. The maximum absolute atomic E-state index is 5.81. The van der Waals surface area contributed by atoms with Crippen LogP contribution in [0.5, 0.6) is 0 Å². The zero-order valence-corrected chi connectivity index (χ0v) is 9.20. The van der Waals surface area contributed by atoms with Gasteiger partial charge >= 0.3 is 0 Å². The highest BCUT2D eigenvalue weighted by Gasteiger charge is 2.28. The second-order valence-corrected chi connectivity index (χ2v) is 3.66. The highest BCUT2D eigenvalue weighted by atomic mass is 35.5. The molecule has 2 aliphatic rings. The fourth-order valence-electron chi connectivity index (χ4n) is 1.36. The Hall–Kier alpha value is -1.23. The molecule has 0 spiro atoms. The lowest BCUT2D eigenvalue weighted by Gasteiger charge is -2.17. The van der Waals surface area contributed by atoms with Crippen LogP contribution in [0.25, 0.3) is 0 Å². The summed E-state index contributed by atoms with van der Waals surface area (Å²) in [5, 5.41) is 3.17. The molecule has 80 valence electrons. The van der Waals surface area contributed by atoms with E-state index in [0.717, 1.165) is 19.4 Å². The van der Waals surface area contributed by atoms with E-state index in [0.29, 0.717) is 17.0 Å². The lowest BCUT2D eigenvalue weighted by atomic mass is 10.2. The van der Waals surface area contributed by atoms with Gasteiger partial charge in [-0.3, -0.25) is 9.98 Å². The van der Waals surface area contributed by atoms with Gasteiger partial charge in [0.1, 0.15) is 12.2 Å². The first-order valence-corrected chi connectivity index (χ1v) is 5.34. The Morgan fingerprint density at radius 2 is 2.47 bits per heavy atom. The summed E-state index contributed by atoms with van der Waals surface area (Å²) in [6.07, 6.45) is 3.67. The van der Waals surface area contributed by atoms with Crippen molar-refractivity contribution in [3.05, 3.63) is 0 Å². The van der Waals surface area contributed by atoms with Crippen LogP contribution in [0.3, 0.4) is 0 Å². The van der Waals surface area contributed by atoms with Gasteiger partial charge in [-0.05, 0) is 18.0 Å². The first-order chi connectivity index (χ1) is 7.31. The summed E-state index contributed by atoms with van der Waals surface area (Å²) in [5.74, 6) is 1.37. The number of hydrogen-bond acceptors (Lipinski definition) is 4. The van der Waals surface area contributed by atoms with Crippen molar-refractivity contribution in [2.45, 2.75) is 25.8 Å². The largest absolute Gasteiger partial charge is 0.316 e. The summed E-state index contributed by atoms with van der Waals surface area (Å²) < 4.78 is 0. The van der Waals surface area contributed by atoms with E-state index in [2.05, 4.69) is 32.2 Å². The molecule has 5 nitrogen and oxygen atoms in total. The van der Waals surface area contributed by atoms with E-state index in [1.54, 1.807) is 0 Å². The monoisotopic (exact) mass is 225 g/mol. The molecular weight excluding hydrogens is 214 g/mol. The smallest absolute Gasteiger partial charge is 0.203 e. The Balaban J connectivity index is 2.15. The normalized spacial score (nSPS) is 26.0. The molecule has 6 heteroatoms. The summed E-state index contributed by atoms with van der Waals surface area (Å²) >= 11 is 5.81. The van der Waals surface area contributed by atoms with E-state index in [-0.39, 0.29) is 6.04 Å². The van der Waals surface area contributed by atoms with Crippen LogP contribution < -0.4 is 5.32 Å². The van der Waals surface area contributed by atoms with Crippen LogP contribution in [0.1, 0.15) is 19.8 Å². The van der Waals surface area contributed by atoms with Crippen molar-refractivity contribution in [1.82, 2.24) is 5.32 Å². The van der Waals surface area contributed by atoms with Gasteiger partial charge < -0.3 is 5.32 Å². The van der Waals surface area contributed by atoms with Crippen LogP contribution in [-0.4, -0.2) is 35.9 Å². The molecule has 0 fully saturated rings. The van der Waals surface area contributed by atoms with Gasteiger partial charge in [0, 0.05) is 6.54 Å². The molecule has 0 aliphatic carbocycles. The van der Waals surface area contributed by atoms with Crippen molar-refractivity contribution < 1.29 is 0 Å². The minimum absolute atomic E-state index is 0.177. The van der Waals surface area contributed by atoms with Gasteiger partial charge in [-0.15, -0.1) is 0 Å². The molecule has 2 aliphatic heterocycles. The SMILES string of the molecule is CCCCN=C1N=C(Cl)NC2=NC=NC12. The quantitative estimate of drug-likeness (QED) is 0.569. The van der Waals surface area contributed by atoms with Crippen molar-refractivity contribution in [2.24, 2.45) is 20.0 Å². The third-order valence-electron chi connectivity index (χ3n) is 2.15. The number of nitrogens with one attached hydrogen (secondary N) is 1. The molecule has 0 saturated heterocycles. The molecule has 1 atom stereocenters. The first-order valence-electron chi connectivity index (χ1n) is 4.96. The van der Waals surface area contributed by atoms with Crippen LogP contribution in [0, 0.1) is 0 Å². The summed E-state index contributed by atoms with van der Waals surface area (Å²) in [5.41, 5.74) is 0. The van der Waals surface area contributed by atoms with Crippen molar-refractivity contribution >= 4 is 34.9 Å². The molecule has 0 aromatic heterocycles. The Kier molecular flexibility index (Phi) is 3.11. The number of aliphatic imine (C=N–C) groups is 4. The van der Waals surface area contributed by atoms with Gasteiger partial charge in [0.15, 0.2) is 11.9 Å². The summed E-state index contributed by atoms with van der Waals surface area (Å²) in [6, 6.07) is -0.177. The molecule has 0 aromatic rings. The Labute approximate surface area is 93.1 Å². The Morgan fingerprint density at radius 1 is 1.60 bits per heavy atom. The number of rotatable bonds is 3. The molecule has 2 heterocycles. The summed E-state index contributed by atoms with van der Waals surface area (Å²) in [4.78, 5) is 16.7. The second-order valence-electron chi connectivity index (χ2n) is 3.30. The van der Waals surface area contributed by atoms with Crippen LogP contribution >= 0.6 is 11.6 Å². The van der Waals surface area contributed by atoms with Gasteiger partial charge in [0.2, 0.25) is 5.29 Å². The standard InChI is InChI=1S/C9H12ClN5/c1-2-3-4-11-7-6-8(13-5-12-6)15-9(10)14-7/h5-6H,2-4H2,1H3,(H,11,12,13,14,15). The number of nitrogens with zero attached hydrogens (tertiary/aromatic N) is 4. The minimum atomic E-state index is -0.177. The third kappa shape index (κ3) is 2.23. The highest BCUT2D eigenvalue weighted by molar-refractivity contribution is 6.67. The molecule has 2 rings (SSSR count). The topological polar surface area (TPSA) is 61.5 Å². The Bertz CT molecular complexity index is 369. The second kappa shape index (κ2) is 4.53. The summed E-state index contributed by atoms with van der Waals surface area (Å²) in [7, 11) is 0. The van der Waals surface area contributed by atoms with Gasteiger partial charge in [-0.2, -0.15) is 0 Å². The average molecular weight is 226 g/mol. The van der Waals surface area contributed by atoms with Crippen molar-refractivity contribution in [3.63, 3.8) is 0 Å². The average Bonchev–Trinajstić information content (AvgIpc) is 2.65. The van der Waals surface area contributed by atoms with E-state index >= 15 is 0 Å². The van der Waals surface area contributed by atoms with Crippen LogP contribution in [0.2, 0.25) is 0 Å². The molecule has 0 amide bonds. The predicted octanol–water partition coefficient (Wildman–Crippen LogP) is 1.19. The third-order valence-corrected chi connectivity index (χ3v) is 2.32. The zero-order valence-electron chi connectivity index (χ0n) is 8.44. The van der Waals surface area contributed by atoms with E-state index < -0.39 is 0 Å². The fourth-order valence-corrected chi connectivity index (χ4v) is 1.55. The lowest BCUT2D eigenvalue weighted by molar-refractivity contribution is 0.803. The molecule has 15 heavy (non-hydrogen) atoms. The zero-order chi connectivity index (χ0) is 10.7. The van der Waals surface area contributed by atoms with Gasteiger partial charge in [-0.1, -0.05) is 13.3 Å². The van der Waals surface area contributed by atoms with Crippen LogP contribution in [-0.2, 0) is 0 Å². The molecule has 0 saturated carbocycles. The fraction of sp³-hybridized carbons (Fsp3) is 0.556. The van der Waals surface area contributed by atoms with Crippen molar-refractivity contribution in [1.29, 1.82) is 0 Å². The Morgan fingerprint density at radius 3 is 3.27 bits per heavy atom. The van der Waals surface area contributed by atoms with Crippen LogP contribution in [0.4, 0.5) is 0 Å². The minimum Gasteiger partial charge on any atom is -0.316 e. The van der Waals surface area contributed by atoms with Crippen molar-refractivity contribution in [3.8, 4) is 0 Å². The van der Waals surface area contributed by atoms with Gasteiger partial charge in [0.25, 0.3) is 0 Å². The molecule has 1 N–H and O–H groups in total. The van der Waals surface area contributed by atoms with Crippen LogP contribution in [0.15, 0.2) is 20.0 Å². The molecule has 1 unspecified atom stereocenters. The number of amidine groups is 3.